The van der Waals surface area contributed by atoms with E-state index in [2.05, 4.69) is 9.38 Å². The van der Waals surface area contributed by atoms with Crippen molar-refractivity contribution >= 4 is 37.9 Å². The largest absolute Gasteiger partial charge is 0.416 e. The monoisotopic (exact) mass is 502 g/mol. The van der Waals surface area contributed by atoms with Crippen LogP contribution in [-0.2, 0) is 16.2 Å². The van der Waals surface area contributed by atoms with Gasteiger partial charge in [0, 0.05) is 12.4 Å². The first-order valence-corrected chi connectivity index (χ1v) is 12.0. The van der Waals surface area contributed by atoms with Crippen molar-refractivity contribution < 1.29 is 21.6 Å². The van der Waals surface area contributed by atoms with Gasteiger partial charge in [-0.3, -0.25) is 10.1 Å². The molecule has 0 unspecified atom stereocenters. The molecule has 4 aromatic rings. The summed E-state index contributed by atoms with van der Waals surface area (Å²) in [5.41, 5.74) is 6.81. The molecule has 6 nitrogen and oxygen atoms in total. The summed E-state index contributed by atoms with van der Waals surface area (Å²) in [7, 11) is -4.08. The number of hydrogen-bond acceptors (Lipinski definition) is 5. The minimum absolute atomic E-state index is 0.0871. The molecule has 0 bridgehead atoms. The number of aromatic nitrogens is 1. The van der Waals surface area contributed by atoms with Crippen molar-refractivity contribution in [1.29, 1.82) is 0 Å². The van der Waals surface area contributed by atoms with Gasteiger partial charge in [0.1, 0.15) is 0 Å². The summed E-state index contributed by atoms with van der Waals surface area (Å²) in [6, 6.07) is 16.4. The number of amidine groups is 1. The second-order valence-electron chi connectivity index (χ2n) is 7.20. The van der Waals surface area contributed by atoms with Crippen LogP contribution in [0.3, 0.4) is 0 Å². The summed E-state index contributed by atoms with van der Waals surface area (Å²) in [4.78, 5) is 3.86. The summed E-state index contributed by atoms with van der Waals surface area (Å²) in [5, 5.41) is 6.17. The van der Waals surface area contributed by atoms with Crippen LogP contribution in [0.1, 0.15) is 5.56 Å². The minimum atomic E-state index is -4.51. The van der Waals surface area contributed by atoms with Crippen LogP contribution < -0.4 is 10.9 Å². The number of alkyl halides is 3. The molecule has 34 heavy (non-hydrogen) atoms. The lowest BCUT2D eigenvalue weighted by Crippen LogP contribution is -2.12. The van der Waals surface area contributed by atoms with E-state index >= 15 is 0 Å². The number of rotatable bonds is 4. The first-order valence-electron chi connectivity index (χ1n) is 9.72. The van der Waals surface area contributed by atoms with Crippen molar-refractivity contribution in [3.63, 3.8) is 0 Å². The van der Waals surface area contributed by atoms with Gasteiger partial charge < -0.3 is 5.73 Å². The molecule has 0 saturated heterocycles. The molecule has 11 heteroatoms. The van der Waals surface area contributed by atoms with Crippen LogP contribution in [0.2, 0.25) is 0 Å². The van der Waals surface area contributed by atoms with Gasteiger partial charge in [0.15, 0.2) is 5.17 Å². The second kappa shape index (κ2) is 9.09. The molecule has 1 heterocycles. The van der Waals surface area contributed by atoms with Crippen molar-refractivity contribution in [1.82, 2.24) is 4.98 Å². The quantitative estimate of drug-likeness (QED) is 0.225. The molecule has 0 radical (unpaired) electrons. The van der Waals surface area contributed by atoms with Gasteiger partial charge >= 0.3 is 6.18 Å². The topological polar surface area (TPSA) is 111 Å². The zero-order valence-corrected chi connectivity index (χ0v) is 19.0. The van der Waals surface area contributed by atoms with Crippen LogP contribution >= 0.6 is 11.9 Å². The highest BCUT2D eigenvalue weighted by Crippen LogP contribution is 2.40. The third-order valence-electron chi connectivity index (χ3n) is 5.11. The van der Waals surface area contributed by atoms with E-state index in [1.165, 1.54) is 30.6 Å². The van der Waals surface area contributed by atoms with Crippen LogP contribution in [0.25, 0.3) is 33.0 Å². The maximum atomic E-state index is 13.4. The average Bonchev–Trinajstić information content (AvgIpc) is 2.82. The van der Waals surface area contributed by atoms with Crippen LogP contribution in [0.15, 0.2) is 88.4 Å². The Morgan fingerprint density at radius 3 is 2.32 bits per heavy atom. The zero-order chi connectivity index (χ0) is 24.5. The van der Waals surface area contributed by atoms with Gasteiger partial charge in [0.05, 0.1) is 10.5 Å². The number of hydrogen-bond donors (Lipinski definition) is 2. The van der Waals surface area contributed by atoms with E-state index in [-0.39, 0.29) is 10.1 Å². The van der Waals surface area contributed by atoms with Crippen LogP contribution in [0.5, 0.6) is 0 Å². The standard InChI is InChI=1S/C23H17F3N4O2S2/c24-23(25,26)16-4-6-20(21(13-16)14-8-10-29-11-9-14)19-3-1-2-15-12-17(5-7-18(15)19)34(31,32)30-22(27)33-28/h1-13H,28H2,(H2,27,30). The Morgan fingerprint density at radius 1 is 0.912 bits per heavy atom. The van der Waals surface area contributed by atoms with Crippen LogP contribution in [0, 0.1) is 0 Å². The molecular weight excluding hydrogens is 485 g/mol. The highest BCUT2D eigenvalue weighted by atomic mass is 32.2. The molecule has 0 spiro atoms. The Labute approximate surface area is 197 Å². The zero-order valence-electron chi connectivity index (χ0n) is 17.3. The van der Waals surface area contributed by atoms with Crippen molar-refractivity contribution in [2.24, 2.45) is 15.3 Å². The fraction of sp³-hybridized carbons (Fsp3) is 0.0435. The fourth-order valence-electron chi connectivity index (χ4n) is 3.58. The molecule has 0 amide bonds. The molecule has 4 N–H and O–H groups in total. The fourth-order valence-corrected chi connectivity index (χ4v) is 4.90. The van der Waals surface area contributed by atoms with Crippen molar-refractivity contribution in [2.45, 2.75) is 11.1 Å². The molecule has 4 rings (SSSR count). The molecule has 0 aliphatic carbocycles. The van der Waals surface area contributed by atoms with Crippen molar-refractivity contribution in [3.8, 4) is 22.3 Å². The van der Waals surface area contributed by atoms with E-state index in [1.807, 2.05) is 0 Å². The molecule has 0 saturated carbocycles. The Bertz CT molecular complexity index is 1510. The molecule has 1 aromatic heterocycles. The molecule has 0 atom stereocenters. The number of nitrogens with two attached hydrogens (primary N) is 2. The summed E-state index contributed by atoms with van der Waals surface area (Å²) < 4.78 is 68.8. The SMILES string of the molecule is NSC(N)=NS(=O)(=O)c1ccc2c(-c3ccc(C(F)(F)F)cc3-c3ccncc3)cccc2c1. The van der Waals surface area contributed by atoms with E-state index in [1.54, 1.807) is 36.4 Å². The lowest BCUT2D eigenvalue weighted by molar-refractivity contribution is -0.137. The van der Waals surface area contributed by atoms with E-state index in [0.29, 0.717) is 45.0 Å². The maximum absolute atomic E-state index is 13.4. The molecule has 0 aliphatic heterocycles. The highest BCUT2D eigenvalue weighted by Gasteiger charge is 2.31. The molecular formula is C23H17F3N4O2S2. The summed E-state index contributed by atoms with van der Waals surface area (Å²) in [5.74, 6) is 0. The first-order chi connectivity index (χ1) is 16.1. The average molecular weight is 503 g/mol. The number of nitrogens with zero attached hydrogens (tertiary/aromatic N) is 2. The summed E-state index contributed by atoms with van der Waals surface area (Å²) in [6.07, 6.45) is -1.50. The Balaban J connectivity index is 1.93. The van der Waals surface area contributed by atoms with E-state index in [4.69, 9.17) is 10.9 Å². The predicted octanol–water partition coefficient (Wildman–Crippen LogP) is 5.20. The third kappa shape index (κ3) is 4.76. The lowest BCUT2D eigenvalue weighted by Gasteiger charge is -2.16. The van der Waals surface area contributed by atoms with Gasteiger partial charge in [0.2, 0.25) is 0 Å². The molecule has 0 fully saturated rings. The van der Waals surface area contributed by atoms with Gasteiger partial charge in [-0.1, -0.05) is 30.3 Å². The number of benzene rings is 3. The summed E-state index contributed by atoms with van der Waals surface area (Å²) in [6.45, 7) is 0. The Hall–Kier alpha value is -3.41. The van der Waals surface area contributed by atoms with E-state index in [0.717, 1.165) is 12.1 Å². The van der Waals surface area contributed by atoms with Gasteiger partial charge in [0.25, 0.3) is 10.0 Å². The highest BCUT2D eigenvalue weighted by molar-refractivity contribution is 8.12. The summed E-state index contributed by atoms with van der Waals surface area (Å²) >= 11 is 0.516. The first kappa shape index (κ1) is 23.7. The number of fused-ring (bicyclic) bond motifs is 1. The Kier molecular flexibility index (Phi) is 6.34. The van der Waals surface area contributed by atoms with Crippen LogP contribution in [-0.4, -0.2) is 18.6 Å². The van der Waals surface area contributed by atoms with Gasteiger partial charge in [-0.15, -0.1) is 4.40 Å². The second-order valence-corrected chi connectivity index (χ2v) is 9.46. The number of sulfonamides is 1. The number of pyridine rings is 1. The van der Waals surface area contributed by atoms with Crippen molar-refractivity contribution in [3.05, 3.63) is 84.7 Å². The van der Waals surface area contributed by atoms with E-state index < -0.39 is 21.8 Å². The smallest absolute Gasteiger partial charge is 0.377 e. The third-order valence-corrected chi connectivity index (χ3v) is 6.84. The Morgan fingerprint density at radius 2 is 1.65 bits per heavy atom. The minimum Gasteiger partial charge on any atom is -0.377 e. The maximum Gasteiger partial charge on any atom is 0.416 e. The van der Waals surface area contributed by atoms with Crippen molar-refractivity contribution in [2.75, 3.05) is 0 Å². The lowest BCUT2D eigenvalue weighted by atomic mass is 9.90. The van der Waals surface area contributed by atoms with E-state index in [9.17, 15) is 21.6 Å². The van der Waals surface area contributed by atoms with Gasteiger partial charge in [-0.25, -0.2) is 0 Å². The molecule has 174 valence electrons. The normalized spacial score (nSPS) is 12.8. The van der Waals surface area contributed by atoms with Crippen LogP contribution in [0.4, 0.5) is 13.2 Å². The molecule has 0 aliphatic rings. The predicted molar refractivity (Wildman–Crippen MR) is 128 cm³/mol. The van der Waals surface area contributed by atoms with Gasteiger partial charge in [-0.05, 0) is 81.4 Å². The molecule has 3 aromatic carbocycles. The van der Waals surface area contributed by atoms with Gasteiger partial charge in [-0.2, -0.15) is 21.6 Å². The number of halogens is 3.